The smallest absolute Gasteiger partial charge is 0.296 e. The highest BCUT2D eigenvalue weighted by atomic mass is 35.5. The van der Waals surface area contributed by atoms with Crippen LogP contribution in [0, 0.1) is 0 Å². The van der Waals surface area contributed by atoms with Crippen LogP contribution in [0.15, 0.2) is 60.7 Å². The monoisotopic (exact) mass is 523 g/mol. The predicted molar refractivity (Wildman–Crippen MR) is 136 cm³/mol. The largest absolute Gasteiger partial charge is 0.456 e. The molecule has 2 aromatic carbocycles. The van der Waals surface area contributed by atoms with Crippen molar-refractivity contribution in [1.29, 1.82) is 0 Å². The van der Waals surface area contributed by atoms with Crippen molar-refractivity contribution in [2.75, 3.05) is 19.8 Å². The Morgan fingerprint density at radius 2 is 1.78 bits per heavy atom. The molecule has 6 rings (SSSR count). The van der Waals surface area contributed by atoms with Gasteiger partial charge < -0.3 is 34.5 Å². The van der Waals surface area contributed by atoms with E-state index in [2.05, 4.69) is 27.1 Å². The number of pyridine rings is 1. The molecule has 4 N–H and O–H groups in total. The van der Waals surface area contributed by atoms with Crippen molar-refractivity contribution < 1.29 is 29.5 Å². The number of aliphatic hydroxyl groups is 3. The lowest BCUT2D eigenvalue weighted by Gasteiger charge is -2.28. The third kappa shape index (κ3) is 4.59. The Kier molecular flexibility index (Phi) is 6.36. The number of hydrogen-bond donors (Lipinski definition) is 4. The van der Waals surface area contributed by atoms with Gasteiger partial charge in [-0.2, -0.15) is 4.98 Å². The van der Waals surface area contributed by atoms with Crippen LogP contribution in [0.2, 0.25) is 5.02 Å². The molecule has 0 aliphatic carbocycles. The summed E-state index contributed by atoms with van der Waals surface area (Å²) in [5.41, 5.74) is 3.38. The second-order valence-electron chi connectivity index (χ2n) is 9.51. The molecule has 2 fully saturated rings. The molecule has 2 aliphatic rings. The maximum absolute atomic E-state index is 10.9. The average molecular weight is 524 g/mol. The van der Waals surface area contributed by atoms with Crippen LogP contribution in [-0.2, 0) is 9.47 Å². The van der Waals surface area contributed by atoms with E-state index < -0.39 is 36.6 Å². The fraction of sp³-hybridized carbons (Fsp3) is 0.333. The SMILES string of the molecule is OCC(O)C[C@@]1(O)CO[C@H]2C1OC[C@H]2Oc1nc2nc(-c3ccc(-c4ccccc4)cc3)c(Cl)cc2[nH]1. The minimum atomic E-state index is -1.40. The number of fused-ring (bicyclic) bond motifs is 2. The van der Waals surface area contributed by atoms with Crippen LogP contribution in [0.25, 0.3) is 33.5 Å². The Labute approximate surface area is 217 Å². The molecule has 2 aliphatic heterocycles. The van der Waals surface area contributed by atoms with Gasteiger partial charge in [0, 0.05) is 12.0 Å². The standard InChI is InChI=1S/C27H26ClN3O6/c28-19-10-20-25(30-22(19)17-8-6-16(7-9-17)15-4-2-1-3-5-15)31-26(29-20)37-21-13-35-24-23(21)36-14-27(24,34)11-18(33)12-32/h1-10,18,21,23-24,32-34H,11-14H2,(H,29,30,31)/t18?,21-,23-,24?,27-/m1/s1. The summed E-state index contributed by atoms with van der Waals surface area (Å²) < 4.78 is 17.6. The van der Waals surface area contributed by atoms with Gasteiger partial charge in [0.25, 0.3) is 6.01 Å². The zero-order valence-electron chi connectivity index (χ0n) is 19.8. The fourth-order valence-corrected chi connectivity index (χ4v) is 5.32. The Bertz CT molecular complexity index is 1400. The van der Waals surface area contributed by atoms with Crippen LogP contribution < -0.4 is 4.74 Å². The Balaban J connectivity index is 1.20. The van der Waals surface area contributed by atoms with Crippen molar-refractivity contribution in [2.24, 2.45) is 0 Å². The van der Waals surface area contributed by atoms with E-state index in [4.69, 9.17) is 30.9 Å². The molecule has 4 heterocycles. The van der Waals surface area contributed by atoms with E-state index in [-0.39, 0.29) is 25.6 Å². The van der Waals surface area contributed by atoms with Gasteiger partial charge in [-0.05, 0) is 17.2 Å². The van der Waals surface area contributed by atoms with E-state index >= 15 is 0 Å². The first-order chi connectivity index (χ1) is 17.9. The van der Waals surface area contributed by atoms with Gasteiger partial charge in [-0.25, -0.2) is 4.98 Å². The summed E-state index contributed by atoms with van der Waals surface area (Å²) in [4.78, 5) is 12.2. The number of nitrogens with zero attached hydrogens (tertiary/aromatic N) is 2. The molecule has 2 aromatic heterocycles. The summed E-state index contributed by atoms with van der Waals surface area (Å²) in [5, 5.41) is 30.3. The normalized spacial score (nSPS) is 25.9. The van der Waals surface area contributed by atoms with E-state index in [1.54, 1.807) is 6.07 Å². The summed E-state index contributed by atoms with van der Waals surface area (Å²) in [5.74, 6) is 0. The number of nitrogens with one attached hydrogen (secondary N) is 1. The fourth-order valence-electron chi connectivity index (χ4n) is 5.06. The number of halogens is 1. The quantitative estimate of drug-likeness (QED) is 0.291. The number of benzene rings is 2. The highest BCUT2D eigenvalue weighted by molar-refractivity contribution is 6.33. The van der Waals surface area contributed by atoms with Crippen molar-refractivity contribution in [3.8, 4) is 28.4 Å². The predicted octanol–water partition coefficient (Wildman–Crippen LogP) is 2.96. The van der Waals surface area contributed by atoms with Crippen LogP contribution in [-0.4, -0.2) is 80.1 Å². The molecule has 2 unspecified atom stereocenters. The number of rotatable bonds is 7. The number of aromatic amines is 1. The lowest BCUT2D eigenvalue weighted by molar-refractivity contribution is -0.0964. The van der Waals surface area contributed by atoms with Crippen LogP contribution >= 0.6 is 11.6 Å². The molecule has 0 radical (unpaired) electrons. The molecule has 0 saturated carbocycles. The molecule has 0 bridgehead atoms. The van der Waals surface area contributed by atoms with Crippen LogP contribution in [0.3, 0.4) is 0 Å². The number of H-pyrrole nitrogens is 1. The molecule has 192 valence electrons. The van der Waals surface area contributed by atoms with Gasteiger partial charge in [-0.15, -0.1) is 0 Å². The lowest BCUT2D eigenvalue weighted by atomic mass is 9.90. The molecule has 4 aromatic rings. The third-order valence-electron chi connectivity index (χ3n) is 6.89. The third-order valence-corrected chi connectivity index (χ3v) is 7.18. The maximum Gasteiger partial charge on any atom is 0.296 e. The summed E-state index contributed by atoms with van der Waals surface area (Å²) in [7, 11) is 0. The number of ether oxygens (including phenoxy) is 3. The van der Waals surface area contributed by atoms with E-state index in [1.807, 2.05) is 42.5 Å². The highest BCUT2D eigenvalue weighted by Gasteiger charge is 2.57. The molecule has 10 heteroatoms. The van der Waals surface area contributed by atoms with Gasteiger partial charge in [0.2, 0.25) is 0 Å². The van der Waals surface area contributed by atoms with E-state index in [0.717, 1.165) is 16.7 Å². The number of imidazole rings is 1. The number of aliphatic hydroxyl groups excluding tert-OH is 2. The molecule has 0 amide bonds. The van der Waals surface area contributed by atoms with Crippen LogP contribution in [0.5, 0.6) is 6.01 Å². The second kappa shape index (κ2) is 9.68. The molecule has 2 saturated heterocycles. The zero-order chi connectivity index (χ0) is 25.6. The van der Waals surface area contributed by atoms with Gasteiger partial charge in [0.15, 0.2) is 11.8 Å². The molecule has 37 heavy (non-hydrogen) atoms. The summed E-state index contributed by atoms with van der Waals surface area (Å²) in [6.07, 6.45) is -2.86. The maximum atomic E-state index is 10.9. The van der Waals surface area contributed by atoms with Gasteiger partial charge >= 0.3 is 0 Å². The Morgan fingerprint density at radius 1 is 1.05 bits per heavy atom. The lowest BCUT2D eigenvalue weighted by Crippen LogP contribution is -2.47. The summed E-state index contributed by atoms with van der Waals surface area (Å²) in [6.45, 7) is -0.298. The van der Waals surface area contributed by atoms with Crippen molar-refractivity contribution in [1.82, 2.24) is 15.0 Å². The Hall–Kier alpha value is -3.05. The zero-order valence-corrected chi connectivity index (χ0v) is 20.5. The van der Waals surface area contributed by atoms with E-state index in [0.29, 0.717) is 21.9 Å². The average Bonchev–Trinajstić information content (AvgIpc) is 3.59. The van der Waals surface area contributed by atoms with Crippen molar-refractivity contribution in [2.45, 2.75) is 36.4 Å². The summed E-state index contributed by atoms with van der Waals surface area (Å²) >= 11 is 6.57. The molecule has 9 nitrogen and oxygen atoms in total. The van der Waals surface area contributed by atoms with Gasteiger partial charge in [-0.1, -0.05) is 66.2 Å². The Morgan fingerprint density at radius 3 is 2.54 bits per heavy atom. The molecule has 0 spiro atoms. The van der Waals surface area contributed by atoms with Gasteiger partial charge in [0.1, 0.15) is 17.8 Å². The molecular formula is C27H26ClN3O6. The van der Waals surface area contributed by atoms with Gasteiger partial charge in [-0.3, -0.25) is 0 Å². The minimum absolute atomic E-state index is 0.0248. The molecule has 5 atom stereocenters. The summed E-state index contributed by atoms with van der Waals surface area (Å²) in [6, 6.07) is 20.1. The van der Waals surface area contributed by atoms with E-state index in [9.17, 15) is 10.2 Å². The van der Waals surface area contributed by atoms with Crippen molar-refractivity contribution in [3.63, 3.8) is 0 Å². The first-order valence-electron chi connectivity index (χ1n) is 12.1. The molecular weight excluding hydrogens is 498 g/mol. The highest BCUT2D eigenvalue weighted by Crippen LogP contribution is 2.38. The first-order valence-corrected chi connectivity index (χ1v) is 12.4. The number of aromatic nitrogens is 3. The van der Waals surface area contributed by atoms with Crippen molar-refractivity contribution >= 4 is 22.8 Å². The first kappa shape index (κ1) is 24.3. The van der Waals surface area contributed by atoms with Crippen LogP contribution in [0.1, 0.15) is 6.42 Å². The topological polar surface area (TPSA) is 130 Å². The van der Waals surface area contributed by atoms with Crippen molar-refractivity contribution in [3.05, 3.63) is 65.7 Å². The van der Waals surface area contributed by atoms with Gasteiger partial charge in [0.05, 0.1) is 42.2 Å². The number of hydrogen-bond acceptors (Lipinski definition) is 8. The minimum Gasteiger partial charge on any atom is -0.456 e. The second-order valence-corrected chi connectivity index (χ2v) is 9.91. The van der Waals surface area contributed by atoms with E-state index in [1.165, 1.54) is 0 Å². The van der Waals surface area contributed by atoms with Crippen LogP contribution in [0.4, 0.5) is 0 Å².